The van der Waals surface area contributed by atoms with Gasteiger partial charge in [0.25, 0.3) is 5.56 Å². The number of hydrogen-bond donors (Lipinski definition) is 1. The highest BCUT2D eigenvalue weighted by Crippen LogP contribution is 2.32. The summed E-state index contributed by atoms with van der Waals surface area (Å²) in [6.45, 7) is -0.523. The second-order valence-electron chi connectivity index (χ2n) is 6.32. The molecule has 164 valence electrons. The highest BCUT2D eigenvalue weighted by molar-refractivity contribution is 7.89. The third-order valence-corrected chi connectivity index (χ3v) is 5.89. The molecule has 2 aromatic carbocycles. The minimum atomic E-state index is -5.05. The van der Waals surface area contributed by atoms with E-state index in [1.54, 1.807) is 24.3 Å². The molecule has 12 heteroatoms. The summed E-state index contributed by atoms with van der Waals surface area (Å²) in [4.78, 5) is 11.3. The van der Waals surface area contributed by atoms with E-state index in [1.165, 1.54) is 12.1 Å². The minimum Gasteiger partial charge on any atom is -0.268 e. The second kappa shape index (κ2) is 8.77. The van der Waals surface area contributed by atoms with Crippen LogP contribution in [0.4, 0.5) is 17.6 Å². The molecule has 0 saturated carbocycles. The fraction of sp³-hybridized carbons (Fsp3) is 0.158. The molecule has 3 aromatic rings. The molecular formula is C19H14ClF4N3O3S. The molecule has 0 aliphatic carbocycles. The molecule has 0 radical (unpaired) electrons. The Bertz CT molecular complexity index is 1260. The van der Waals surface area contributed by atoms with Gasteiger partial charge in [0.1, 0.15) is 5.82 Å². The normalized spacial score (nSPS) is 12.2. The van der Waals surface area contributed by atoms with E-state index in [2.05, 4.69) is 9.82 Å². The number of nitrogens with one attached hydrogen (secondary N) is 1. The van der Waals surface area contributed by atoms with Crippen molar-refractivity contribution in [1.82, 2.24) is 14.5 Å². The van der Waals surface area contributed by atoms with Crippen LogP contribution in [0, 0.1) is 5.82 Å². The molecule has 1 N–H and O–H groups in total. The Hall–Kier alpha value is -2.76. The summed E-state index contributed by atoms with van der Waals surface area (Å²) in [5.74, 6) is -1.58. The first-order valence-corrected chi connectivity index (χ1v) is 10.5. The van der Waals surface area contributed by atoms with Crippen LogP contribution in [0.5, 0.6) is 0 Å². The number of alkyl halides is 3. The topological polar surface area (TPSA) is 81.1 Å². The molecule has 0 fully saturated rings. The lowest BCUT2D eigenvalue weighted by molar-refractivity contribution is -0.140. The van der Waals surface area contributed by atoms with Crippen molar-refractivity contribution in [2.24, 2.45) is 0 Å². The van der Waals surface area contributed by atoms with E-state index in [0.29, 0.717) is 22.3 Å². The van der Waals surface area contributed by atoms with Gasteiger partial charge in [-0.2, -0.15) is 18.3 Å². The van der Waals surface area contributed by atoms with Crippen molar-refractivity contribution in [1.29, 1.82) is 0 Å². The third kappa shape index (κ3) is 5.49. The van der Waals surface area contributed by atoms with Gasteiger partial charge >= 0.3 is 6.18 Å². The molecule has 0 atom stereocenters. The van der Waals surface area contributed by atoms with Crippen LogP contribution in [0.15, 0.2) is 64.3 Å². The Labute approximate surface area is 179 Å². The molecule has 0 unspecified atom stereocenters. The monoisotopic (exact) mass is 475 g/mol. The first-order chi connectivity index (χ1) is 14.5. The van der Waals surface area contributed by atoms with Crippen LogP contribution in [-0.2, 0) is 22.7 Å². The largest absolute Gasteiger partial charge is 0.419 e. The molecule has 1 heterocycles. The maximum absolute atomic E-state index is 13.4. The van der Waals surface area contributed by atoms with Crippen molar-refractivity contribution in [2.45, 2.75) is 17.6 Å². The second-order valence-corrected chi connectivity index (χ2v) is 8.53. The zero-order chi connectivity index (χ0) is 22.8. The predicted molar refractivity (Wildman–Crippen MR) is 106 cm³/mol. The lowest BCUT2D eigenvalue weighted by Crippen LogP contribution is -2.32. The van der Waals surface area contributed by atoms with Crippen molar-refractivity contribution in [3.8, 4) is 11.3 Å². The molecular weight excluding hydrogens is 462 g/mol. The van der Waals surface area contributed by atoms with E-state index in [1.807, 2.05) is 0 Å². The summed E-state index contributed by atoms with van der Waals surface area (Å²) < 4.78 is 79.5. The standard InChI is InChI=1S/C19H14ClF4N3O3S/c20-13-3-1-12(2-4-13)17-7-8-18(28)27(26-17)10-9-25-31(29,30)14-5-6-16(21)15(11-14)19(22,23)24/h1-8,11,25H,9-10H2. The minimum absolute atomic E-state index is 0.188. The average molecular weight is 476 g/mol. The van der Waals surface area contributed by atoms with E-state index in [4.69, 9.17) is 11.6 Å². The summed E-state index contributed by atoms with van der Waals surface area (Å²) in [6, 6.07) is 10.8. The number of aromatic nitrogens is 2. The Kier molecular flexibility index (Phi) is 6.48. The van der Waals surface area contributed by atoms with Gasteiger partial charge in [-0.15, -0.1) is 0 Å². The van der Waals surface area contributed by atoms with Crippen molar-refractivity contribution in [3.05, 3.63) is 81.4 Å². The molecule has 1 aromatic heterocycles. The number of nitrogens with zero attached hydrogens (tertiary/aromatic N) is 2. The molecule has 0 bridgehead atoms. The van der Waals surface area contributed by atoms with Gasteiger partial charge in [-0.3, -0.25) is 4.79 Å². The molecule has 0 amide bonds. The van der Waals surface area contributed by atoms with Gasteiger partial charge in [0.05, 0.1) is 22.7 Å². The van der Waals surface area contributed by atoms with E-state index in [-0.39, 0.29) is 19.2 Å². The van der Waals surface area contributed by atoms with Gasteiger partial charge in [-0.1, -0.05) is 23.7 Å². The molecule has 0 saturated heterocycles. The summed E-state index contributed by atoms with van der Waals surface area (Å²) >= 11 is 5.84. The summed E-state index contributed by atoms with van der Waals surface area (Å²) in [5, 5.41) is 4.67. The molecule has 6 nitrogen and oxygen atoms in total. The average Bonchev–Trinajstić information content (AvgIpc) is 2.69. The van der Waals surface area contributed by atoms with Crippen LogP contribution in [0.25, 0.3) is 11.3 Å². The zero-order valence-corrected chi connectivity index (χ0v) is 17.1. The Morgan fingerprint density at radius 2 is 1.71 bits per heavy atom. The van der Waals surface area contributed by atoms with E-state index >= 15 is 0 Å². The fourth-order valence-electron chi connectivity index (χ4n) is 2.64. The predicted octanol–water partition coefficient (Wildman–Crippen LogP) is 3.70. The van der Waals surface area contributed by atoms with Gasteiger partial charge in [0.2, 0.25) is 10.0 Å². The quantitative estimate of drug-likeness (QED) is 0.551. The zero-order valence-electron chi connectivity index (χ0n) is 15.5. The highest BCUT2D eigenvalue weighted by atomic mass is 35.5. The van der Waals surface area contributed by atoms with Crippen molar-refractivity contribution in [2.75, 3.05) is 6.54 Å². The fourth-order valence-corrected chi connectivity index (χ4v) is 3.81. The molecule has 31 heavy (non-hydrogen) atoms. The Balaban J connectivity index is 1.76. The first kappa shape index (κ1) is 22.9. The smallest absolute Gasteiger partial charge is 0.268 e. The van der Waals surface area contributed by atoms with Crippen molar-refractivity contribution in [3.63, 3.8) is 0 Å². The van der Waals surface area contributed by atoms with E-state index in [9.17, 15) is 30.8 Å². The molecule has 3 rings (SSSR count). The number of halogens is 5. The van der Waals surface area contributed by atoms with Crippen LogP contribution in [0.1, 0.15) is 5.56 Å². The summed E-state index contributed by atoms with van der Waals surface area (Å²) in [7, 11) is -4.38. The SMILES string of the molecule is O=c1ccc(-c2ccc(Cl)cc2)nn1CCNS(=O)(=O)c1ccc(F)c(C(F)(F)F)c1. The number of benzene rings is 2. The van der Waals surface area contributed by atoms with Crippen LogP contribution in [0.2, 0.25) is 5.02 Å². The summed E-state index contributed by atoms with van der Waals surface area (Å²) in [5.41, 5.74) is -1.08. The molecule has 0 aliphatic rings. The number of rotatable bonds is 6. The van der Waals surface area contributed by atoms with Gasteiger partial charge < -0.3 is 0 Å². The lowest BCUT2D eigenvalue weighted by Gasteiger charge is -2.12. The van der Waals surface area contributed by atoms with Crippen molar-refractivity contribution < 1.29 is 26.0 Å². The molecule has 0 aliphatic heterocycles. The van der Waals surface area contributed by atoms with Crippen LogP contribution >= 0.6 is 11.6 Å². The van der Waals surface area contributed by atoms with E-state index < -0.39 is 38.0 Å². The van der Waals surface area contributed by atoms with E-state index in [0.717, 1.165) is 10.7 Å². The van der Waals surface area contributed by atoms with Crippen LogP contribution < -0.4 is 10.3 Å². The van der Waals surface area contributed by atoms with Crippen molar-refractivity contribution >= 4 is 21.6 Å². The van der Waals surface area contributed by atoms with Gasteiger partial charge in [-0.05, 0) is 36.4 Å². The van der Waals surface area contributed by atoms with Gasteiger partial charge in [0.15, 0.2) is 0 Å². The summed E-state index contributed by atoms with van der Waals surface area (Å²) in [6.07, 6.45) is -5.05. The third-order valence-electron chi connectivity index (χ3n) is 4.18. The maximum Gasteiger partial charge on any atom is 0.419 e. The highest BCUT2D eigenvalue weighted by Gasteiger charge is 2.35. The van der Waals surface area contributed by atoms with Gasteiger partial charge in [-0.25, -0.2) is 22.2 Å². The lowest BCUT2D eigenvalue weighted by atomic mass is 10.1. The molecule has 0 spiro atoms. The van der Waals surface area contributed by atoms with Crippen LogP contribution in [0.3, 0.4) is 0 Å². The van der Waals surface area contributed by atoms with Gasteiger partial charge in [0, 0.05) is 23.2 Å². The van der Waals surface area contributed by atoms with Crippen LogP contribution in [-0.4, -0.2) is 24.7 Å². The number of hydrogen-bond acceptors (Lipinski definition) is 4. The maximum atomic E-state index is 13.4. The first-order valence-electron chi connectivity index (χ1n) is 8.68. The number of sulfonamides is 1. The Morgan fingerprint density at radius 1 is 1.03 bits per heavy atom. The Morgan fingerprint density at radius 3 is 2.35 bits per heavy atom.